The SMILES string of the molecule is CN(C)C(=O)c1cc(-c2cccnc2)no1.O=C(Cl)c1cc(-c2cccnc2)no1. The molecule has 0 saturated heterocycles. The molecular formula is C20H16ClN5O4. The molecule has 4 aromatic rings. The molecule has 0 saturated carbocycles. The first-order chi connectivity index (χ1) is 14.5. The first-order valence-electron chi connectivity index (χ1n) is 8.61. The van der Waals surface area contributed by atoms with Crippen molar-refractivity contribution in [2.75, 3.05) is 14.1 Å². The molecule has 0 fully saturated rings. The Kier molecular flexibility index (Phi) is 6.66. The summed E-state index contributed by atoms with van der Waals surface area (Å²) in [6, 6.07) is 10.3. The summed E-state index contributed by atoms with van der Waals surface area (Å²) in [7, 11) is 3.32. The van der Waals surface area contributed by atoms with Gasteiger partial charge in [-0.2, -0.15) is 0 Å². The van der Waals surface area contributed by atoms with E-state index in [1.807, 2.05) is 12.1 Å². The molecule has 4 rings (SSSR count). The van der Waals surface area contributed by atoms with Gasteiger partial charge < -0.3 is 13.9 Å². The van der Waals surface area contributed by atoms with Gasteiger partial charge in [-0.15, -0.1) is 0 Å². The summed E-state index contributed by atoms with van der Waals surface area (Å²) >= 11 is 5.22. The zero-order chi connectivity index (χ0) is 21.5. The van der Waals surface area contributed by atoms with Gasteiger partial charge in [0.25, 0.3) is 11.1 Å². The first-order valence-corrected chi connectivity index (χ1v) is 8.99. The van der Waals surface area contributed by atoms with E-state index in [4.69, 9.17) is 20.6 Å². The molecule has 0 N–H and O–H groups in total. The third-order valence-electron chi connectivity index (χ3n) is 3.75. The van der Waals surface area contributed by atoms with E-state index in [-0.39, 0.29) is 17.4 Å². The summed E-state index contributed by atoms with van der Waals surface area (Å²) in [5, 5.41) is 6.86. The first kappa shape index (κ1) is 20.9. The Morgan fingerprint density at radius 1 is 0.867 bits per heavy atom. The number of hydrogen-bond acceptors (Lipinski definition) is 8. The molecule has 0 aromatic carbocycles. The summed E-state index contributed by atoms with van der Waals surface area (Å²) in [5.74, 6) is 0.0528. The van der Waals surface area contributed by atoms with Crippen molar-refractivity contribution in [1.29, 1.82) is 0 Å². The van der Waals surface area contributed by atoms with Crippen LogP contribution in [-0.2, 0) is 0 Å². The maximum atomic E-state index is 11.6. The summed E-state index contributed by atoms with van der Waals surface area (Å²) in [4.78, 5) is 31.6. The van der Waals surface area contributed by atoms with E-state index in [1.54, 1.807) is 57.1 Å². The van der Waals surface area contributed by atoms with Crippen molar-refractivity contribution in [2.24, 2.45) is 0 Å². The number of pyridine rings is 2. The third kappa shape index (κ3) is 5.15. The van der Waals surface area contributed by atoms with Gasteiger partial charge in [-0.05, 0) is 35.9 Å². The lowest BCUT2D eigenvalue weighted by Gasteiger charge is -2.05. The van der Waals surface area contributed by atoms with Crippen LogP contribution in [0.4, 0.5) is 0 Å². The van der Waals surface area contributed by atoms with Crippen molar-refractivity contribution in [3.63, 3.8) is 0 Å². The van der Waals surface area contributed by atoms with Gasteiger partial charge in [-0.3, -0.25) is 19.6 Å². The zero-order valence-corrected chi connectivity index (χ0v) is 16.8. The molecule has 10 heteroatoms. The summed E-state index contributed by atoms with van der Waals surface area (Å²) in [6.07, 6.45) is 6.62. The van der Waals surface area contributed by atoms with Gasteiger partial charge in [0.05, 0.1) is 0 Å². The molecule has 4 aromatic heterocycles. The van der Waals surface area contributed by atoms with Crippen molar-refractivity contribution in [3.05, 3.63) is 72.7 Å². The van der Waals surface area contributed by atoms with E-state index < -0.39 is 5.24 Å². The van der Waals surface area contributed by atoms with E-state index in [9.17, 15) is 9.59 Å². The summed E-state index contributed by atoms with van der Waals surface area (Å²) in [6.45, 7) is 0. The van der Waals surface area contributed by atoms with Gasteiger partial charge in [0.2, 0.25) is 11.5 Å². The van der Waals surface area contributed by atoms with Gasteiger partial charge in [-0.1, -0.05) is 10.3 Å². The predicted molar refractivity (Wildman–Crippen MR) is 108 cm³/mol. The van der Waals surface area contributed by atoms with Crippen LogP contribution in [0.5, 0.6) is 0 Å². The molecule has 152 valence electrons. The van der Waals surface area contributed by atoms with Crippen molar-refractivity contribution < 1.29 is 18.6 Å². The number of carbonyl (C=O) groups is 2. The average molecular weight is 426 g/mol. The highest BCUT2D eigenvalue weighted by atomic mass is 35.5. The number of rotatable bonds is 4. The van der Waals surface area contributed by atoms with Gasteiger partial charge >= 0.3 is 0 Å². The summed E-state index contributed by atoms with van der Waals surface area (Å²) in [5.41, 5.74) is 2.75. The number of nitrogens with zero attached hydrogens (tertiary/aromatic N) is 5. The fraction of sp³-hybridized carbons (Fsp3) is 0.100. The Balaban J connectivity index is 0.000000172. The van der Waals surface area contributed by atoms with Crippen LogP contribution in [0.3, 0.4) is 0 Å². The Morgan fingerprint density at radius 2 is 1.37 bits per heavy atom. The minimum Gasteiger partial charge on any atom is -0.351 e. The lowest BCUT2D eigenvalue weighted by molar-refractivity contribution is 0.0787. The smallest absolute Gasteiger partial charge is 0.291 e. The fourth-order valence-corrected chi connectivity index (χ4v) is 2.35. The summed E-state index contributed by atoms with van der Waals surface area (Å²) < 4.78 is 9.69. The number of amides is 1. The van der Waals surface area contributed by atoms with Crippen LogP contribution < -0.4 is 0 Å². The second-order valence-corrected chi connectivity index (χ2v) is 6.45. The molecule has 0 unspecified atom stereocenters. The standard InChI is InChI=1S/C11H11N3O2.C9H5ClN2O2/c1-14(2)11(15)10-6-9(13-16-10)8-4-3-5-12-7-8;10-9(13)8-4-7(12-14-8)6-2-1-3-11-5-6/h3-7H,1-2H3;1-5H. The van der Waals surface area contributed by atoms with Gasteiger partial charge in [-0.25, -0.2) is 0 Å². The van der Waals surface area contributed by atoms with E-state index >= 15 is 0 Å². The van der Waals surface area contributed by atoms with Crippen molar-refractivity contribution >= 4 is 22.8 Å². The zero-order valence-electron chi connectivity index (χ0n) is 16.0. The predicted octanol–water partition coefficient (Wildman–Crippen LogP) is 3.55. The van der Waals surface area contributed by atoms with Crippen LogP contribution in [0.2, 0.25) is 0 Å². The molecule has 1 amide bonds. The molecule has 9 nitrogen and oxygen atoms in total. The minimum absolute atomic E-state index is 0.0329. The van der Waals surface area contributed by atoms with Crippen molar-refractivity contribution in [1.82, 2.24) is 25.2 Å². The van der Waals surface area contributed by atoms with Crippen LogP contribution >= 0.6 is 11.6 Å². The average Bonchev–Trinajstić information content (AvgIpc) is 3.45. The Morgan fingerprint density at radius 3 is 1.77 bits per heavy atom. The molecule has 0 atom stereocenters. The van der Waals surface area contributed by atoms with Crippen LogP contribution in [-0.4, -0.2) is 50.4 Å². The van der Waals surface area contributed by atoms with Crippen molar-refractivity contribution in [2.45, 2.75) is 0 Å². The maximum absolute atomic E-state index is 11.6. The van der Waals surface area contributed by atoms with Gasteiger partial charge in [0.15, 0.2) is 0 Å². The fourth-order valence-electron chi connectivity index (χ4n) is 2.26. The second-order valence-electron chi connectivity index (χ2n) is 6.11. The highest BCUT2D eigenvalue weighted by molar-refractivity contribution is 6.67. The van der Waals surface area contributed by atoms with E-state index in [2.05, 4.69) is 20.3 Å². The molecule has 0 aliphatic heterocycles. The van der Waals surface area contributed by atoms with E-state index in [1.165, 1.54) is 11.0 Å². The minimum atomic E-state index is -0.660. The number of aromatic nitrogens is 4. The number of carbonyl (C=O) groups excluding carboxylic acids is 2. The molecule has 4 heterocycles. The topological polar surface area (TPSA) is 115 Å². The van der Waals surface area contributed by atoms with E-state index in [0.29, 0.717) is 11.4 Å². The molecule has 0 radical (unpaired) electrons. The molecule has 0 aliphatic carbocycles. The van der Waals surface area contributed by atoms with Gasteiger partial charge in [0, 0.05) is 62.1 Å². The monoisotopic (exact) mass is 425 g/mol. The quantitative estimate of drug-likeness (QED) is 0.456. The molecule has 0 spiro atoms. The highest BCUT2D eigenvalue weighted by Gasteiger charge is 2.15. The lowest BCUT2D eigenvalue weighted by Crippen LogP contribution is -2.20. The molecule has 0 aliphatic rings. The second kappa shape index (κ2) is 9.57. The highest BCUT2D eigenvalue weighted by Crippen LogP contribution is 2.19. The largest absolute Gasteiger partial charge is 0.351 e. The van der Waals surface area contributed by atoms with Crippen LogP contribution in [0.1, 0.15) is 21.1 Å². The van der Waals surface area contributed by atoms with Crippen LogP contribution in [0.15, 0.2) is 70.2 Å². The Hall–Kier alpha value is -3.85. The lowest BCUT2D eigenvalue weighted by atomic mass is 10.2. The Labute approximate surface area is 176 Å². The number of hydrogen-bond donors (Lipinski definition) is 0. The van der Waals surface area contributed by atoms with Crippen LogP contribution in [0.25, 0.3) is 22.5 Å². The van der Waals surface area contributed by atoms with Crippen LogP contribution in [0, 0.1) is 0 Å². The van der Waals surface area contributed by atoms with E-state index in [0.717, 1.165) is 11.1 Å². The third-order valence-corrected chi connectivity index (χ3v) is 3.93. The molecular weight excluding hydrogens is 410 g/mol. The molecule has 30 heavy (non-hydrogen) atoms. The Bertz CT molecular complexity index is 1130. The normalized spacial score (nSPS) is 10.1. The number of halogens is 1. The van der Waals surface area contributed by atoms with Gasteiger partial charge in [0.1, 0.15) is 11.4 Å². The molecule has 0 bridgehead atoms. The van der Waals surface area contributed by atoms with Crippen molar-refractivity contribution in [3.8, 4) is 22.5 Å². The maximum Gasteiger partial charge on any atom is 0.291 e.